The Labute approximate surface area is 246 Å². The van der Waals surface area contributed by atoms with E-state index in [1.165, 1.54) is 19.3 Å². The fourth-order valence-corrected chi connectivity index (χ4v) is 4.30. The number of aromatic nitrogens is 2. The first-order chi connectivity index (χ1) is 20.0. The Morgan fingerprint density at radius 1 is 1.07 bits per heavy atom. The van der Waals surface area contributed by atoms with E-state index < -0.39 is 23.6 Å². The second-order valence-electron chi connectivity index (χ2n) is 9.65. The molecule has 0 bridgehead atoms. The average Bonchev–Trinajstić information content (AvgIpc) is 2.97. The van der Waals surface area contributed by atoms with Gasteiger partial charge in [0.2, 0.25) is 5.95 Å². The van der Waals surface area contributed by atoms with Crippen molar-refractivity contribution in [1.29, 1.82) is 0 Å². The summed E-state index contributed by atoms with van der Waals surface area (Å²) in [5, 5.41) is 2.90. The van der Waals surface area contributed by atoms with E-state index in [0.29, 0.717) is 29.9 Å². The monoisotopic (exact) mass is 608 g/mol. The first-order valence-electron chi connectivity index (χ1n) is 13.2. The summed E-state index contributed by atoms with van der Waals surface area (Å²) in [5.74, 6) is 0.991. The molecular formula is C28H32ClF3N6O4. The van der Waals surface area contributed by atoms with Crippen molar-refractivity contribution in [2.24, 2.45) is 0 Å². The van der Waals surface area contributed by atoms with Crippen LogP contribution in [0.4, 0.5) is 35.4 Å². The van der Waals surface area contributed by atoms with E-state index in [1.807, 2.05) is 0 Å². The minimum Gasteiger partial charge on any atom is -0.493 e. The fraction of sp³-hybridized carbons (Fsp3) is 0.393. The number of nitrogens with one attached hydrogen (secondary N) is 1. The van der Waals surface area contributed by atoms with E-state index in [4.69, 9.17) is 25.8 Å². The highest BCUT2D eigenvalue weighted by Crippen LogP contribution is 2.35. The number of methoxy groups -OCH3 is 1. The Kier molecular flexibility index (Phi) is 10.3. The largest absolute Gasteiger partial charge is 0.493 e. The standard InChI is InChI=1S/C28H32ClF3N6O4/c1-36-12-14-38(15-13-36)11-4-16-41-22-8-6-20(18-24(22)40-3)34-26-33-10-9-25(35-26)37(2)27(39)42-23-17-19(28(30,31)32)5-7-21(23)29/h5-10,17-18H,4,11-16H2,1-3H3,(H,33,34,35). The smallest absolute Gasteiger partial charge is 0.420 e. The Morgan fingerprint density at radius 3 is 2.55 bits per heavy atom. The summed E-state index contributed by atoms with van der Waals surface area (Å²) in [5.41, 5.74) is -0.391. The van der Waals surface area contributed by atoms with Gasteiger partial charge in [-0.3, -0.25) is 4.90 Å². The number of anilines is 3. The van der Waals surface area contributed by atoms with Gasteiger partial charge in [-0.2, -0.15) is 18.2 Å². The van der Waals surface area contributed by atoms with E-state index in [2.05, 4.69) is 32.1 Å². The van der Waals surface area contributed by atoms with Crippen molar-refractivity contribution in [2.45, 2.75) is 12.6 Å². The molecule has 1 aliphatic heterocycles. The summed E-state index contributed by atoms with van der Waals surface area (Å²) in [7, 11) is 5.03. The zero-order valence-corrected chi connectivity index (χ0v) is 24.2. The van der Waals surface area contributed by atoms with E-state index in [-0.39, 0.29) is 16.8 Å². The molecule has 0 spiro atoms. The number of benzene rings is 2. The van der Waals surface area contributed by atoms with Crippen LogP contribution in [0.5, 0.6) is 17.2 Å². The predicted molar refractivity (Wildman–Crippen MR) is 153 cm³/mol. The lowest BCUT2D eigenvalue weighted by Gasteiger charge is -2.32. The lowest BCUT2D eigenvalue weighted by Crippen LogP contribution is -2.44. The second kappa shape index (κ2) is 13.9. The Morgan fingerprint density at radius 2 is 1.83 bits per heavy atom. The number of hydrogen-bond donors (Lipinski definition) is 1. The molecule has 0 unspecified atom stereocenters. The highest BCUT2D eigenvalue weighted by Gasteiger charge is 2.31. The number of amides is 1. The molecule has 1 fully saturated rings. The molecule has 1 saturated heterocycles. The third kappa shape index (κ3) is 8.37. The van der Waals surface area contributed by atoms with E-state index in [0.717, 1.165) is 56.2 Å². The van der Waals surface area contributed by atoms with Crippen LogP contribution in [0.3, 0.4) is 0 Å². The maximum atomic E-state index is 13.1. The van der Waals surface area contributed by atoms with Crippen molar-refractivity contribution in [3.63, 3.8) is 0 Å². The minimum absolute atomic E-state index is 0.132. The number of nitrogens with zero attached hydrogens (tertiary/aromatic N) is 5. The van der Waals surface area contributed by atoms with Gasteiger partial charge in [0.05, 0.1) is 24.3 Å². The zero-order chi connectivity index (χ0) is 30.3. The SMILES string of the molecule is COc1cc(Nc2nccc(N(C)C(=O)Oc3cc(C(F)(F)F)ccc3Cl)n2)ccc1OCCCN1CCN(C)CC1. The molecule has 2 aromatic carbocycles. The van der Waals surface area contributed by atoms with Gasteiger partial charge in [-0.15, -0.1) is 0 Å². The van der Waals surface area contributed by atoms with Crippen LogP contribution in [0.2, 0.25) is 5.02 Å². The number of halogens is 4. The molecule has 0 radical (unpaired) electrons. The molecule has 0 atom stereocenters. The number of carbonyl (C=O) groups is 1. The predicted octanol–water partition coefficient (Wildman–Crippen LogP) is 5.55. The number of carbonyl (C=O) groups excluding carboxylic acids is 1. The number of alkyl halides is 3. The molecule has 3 aromatic rings. The van der Waals surface area contributed by atoms with Crippen molar-refractivity contribution < 1.29 is 32.2 Å². The third-order valence-electron chi connectivity index (χ3n) is 6.61. The van der Waals surface area contributed by atoms with Crippen LogP contribution in [0.15, 0.2) is 48.7 Å². The highest BCUT2D eigenvalue weighted by atomic mass is 35.5. The molecule has 4 rings (SSSR count). The summed E-state index contributed by atoms with van der Waals surface area (Å²) in [6.07, 6.45) is -3.30. The van der Waals surface area contributed by atoms with Crippen molar-refractivity contribution in [1.82, 2.24) is 19.8 Å². The fourth-order valence-electron chi connectivity index (χ4n) is 4.15. The normalized spacial score (nSPS) is 14.4. The van der Waals surface area contributed by atoms with Crippen molar-refractivity contribution in [3.05, 3.63) is 59.2 Å². The molecule has 42 heavy (non-hydrogen) atoms. The van der Waals surface area contributed by atoms with Crippen LogP contribution in [0.1, 0.15) is 12.0 Å². The number of likely N-dealkylation sites (N-methyl/N-ethyl adjacent to an activating group) is 1. The van der Waals surface area contributed by atoms with Gasteiger partial charge in [0, 0.05) is 57.7 Å². The summed E-state index contributed by atoms with van der Waals surface area (Å²) in [6.45, 7) is 5.79. The summed E-state index contributed by atoms with van der Waals surface area (Å²) in [6, 6.07) is 9.22. The molecule has 14 heteroatoms. The van der Waals surface area contributed by atoms with Gasteiger partial charge in [-0.25, -0.2) is 9.78 Å². The van der Waals surface area contributed by atoms with Crippen LogP contribution in [-0.2, 0) is 6.18 Å². The van der Waals surface area contributed by atoms with E-state index in [1.54, 1.807) is 25.3 Å². The molecule has 10 nitrogen and oxygen atoms in total. The van der Waals surface area contributed by atoms with Crippen LogP contribution >= 0.6 is 11.6 Å². The topological polar surface area (TPSA) is 92.3 Å². The Balaban J connectivity index is 1.35. The second-order valence-corrected chi connectivity index (χ2v) is 10.1. The van der Waals surface area contributed by atoms with Gasteiger partial charge >= 0.3 is 12.3 Å². The lowest BCUT2D eigenvalue weighted by molar-refractivity contribution is -0.137. The third-order valence-corrected chi connectivity index (χ3v) is 6.92. The maximum absolute atomic E-state index is 13.1. The van der Waals surface area contributed by atoms with E-state index in [9.17, 15) is 18.0 Å². The Bertz CT molecular complexity index is 1370. The average molecular weight is 609 g/mol. The number of ether oxygens (including phenoxy) is 3. The molecule has 0 saturated carbocycles. The number of rotatable bonds is 10. The maximum Gasteiger partial charge on any atom is 0.420 e. The van der Waals surface area contributed by atoms with Gasteiger partial charge in [0.15, 0.2) is 17.2 Å². The van der Waals surface area contributed by atoms with Crippen LogP contribution in [0.25, 0.3) is 0 Å². The molecule has 1 amide bonds. The quantitative estimate of drug-likeness (QED) is 0.297. The lowest BCUT2D eigenvalue weighted by atomic mass is 10.2. The molecule has 0 aliphatic carbocycles. The van der Waals surface area contributed by atoms with Crippen molar-refractivity contribution in [3.8, 4) is 17.2 Å². The van der Waals surface area contributed by atoms with Crippen LogP contribution in [-0.4, -0.2) is 86.4 Å². The number of piperazine rings is 1. The van der Waals surface area contributed by atoms with Crippen LogP contribution in [0, 0.1) is 0 Å². The first-order valence-corrected chi connectivity index (χ1v) is 13.6. The summed E-state index contributed by atoms with van der Waals surface area (Å²) >= 11 is 5.94. The van der Waals surface area contributed by atoms with Gasteiger partial charge in [-0.05, 0) is 49.9 Å². The Hall–Kier alpha value is -3.81. The zero-order valence-electron chi connectivity index (χ0n) is 23.4. The summed E-state index contributed by atoms with van der Waals surface area (Å²) in [4.78, 5) is 26.9. The molecule has 1 N–H and O–H groups in total. The molecule has 1 aromatic heterocycles. The molecule has 2 heterocycles. The number of hydrogen-bond acceptors (Lipinski definition) is 9. The van der Waals surface area contributed by atoms with Crippen LogP contribution < -0.4 is 24.4 Å². The van der Waals surface area contributed by atoms with Crippen molar-refractivity contribution >= 4 is 35.1 Å². The molecular weight excluding hydrogens is 577 g/mol. The van der Waals surface area contributed by atoms with Gasteiger partial charge in [-0.1, -0.05) is 11.6 Å². The van der Waals surface area contributed by atoms with Crippen molar-refractivity contribution in [2.75, 3.05) is 70.8 Å². The minimum atomic E-state index is -4.62. The van der Waals surface area contributed by atoms with Gasteiger partial charge in [0.25, 0.3) is 0 Å². The highest BCUT2D eigenvalue weighted by molar-refractivity contribution is 6.32. The summed E-state index contributed by atoms with van der Waals surface area (Å²) < 4.78 is 55.8. The van der Waals surface area contributed by atoms with Gasteiger partial charge < -0.3 is 29.3 Å². The van der Waals surface area contributed by atoms with E-state index >= 15 is 0 Å². The molecule has 1 aliphatic rings. The first kappa shape index (κ1) is 31.1. The molecule has 226 valence electrons. The van der Waals surface area contributed by atoms with Gasteiger partial charge in [0.1, 0.15) is 5.82 Å².